The summed E-state index contributed by atoms with van der Waals surface area (Å²) < 4.78 is 29.2. The van der Waals surface area contributed by atoms with E-state index in [0.717, 1.165) is 12.0 Å². The fourth-order valence-corrected chi connectivity index (χ4v) is 4.47. The maximum absolute atomic E-state index is 12.5. The van der Waals surface area contributed by atoms with E-state index in [1.807, 2.05) is 18.2 Å². The lowest BCUT2D eigenvalue weighted by atomic mass is 9.87. The molecule has 1 aliphatic carbocycles. The summed E-state index contributed by atoms with van der Waals surface area (Å²) >= 11 is 0. The minimum absolute atomic E-state index is 0.0315. The number of hydrogen-bond acceptors (Lipinski definition) is 3. The summed E-state index contributed by atoms with van der Waals surface area (Å²) in [5, 5.41) is 4.11. The Morgan fingerprint density at radius 2 is 2.00 bits per heavy atom. The molecule has 1 unspecified atom stereocenters. The maximum Gasteiger partial charge on any atom is 0.258 e. The van der Waals surface area contributed by atoms with Gasteiger partial charge in [-0.25, -0.2) is 13.1 Å². The van der Waals surface area contributed by atoms with Crippen molar-refractivity contribution in [3.63, 3.8) is 0 Å². The van der Waals surface area contributed by atoms with Crippen LogP contribution in [0.5, 0.6) is 0 Å². The Labute approximate surface area is 125 Å². The first-order valence-electron chi connectivity index (χ1n) is 6.91. The summed E-state index contributed by atoms with van der Waals surface area (Å²) in [5.74, 6) is 0. The smallest absolute Gasteiger partial charge is 0.256 e. The van der Waals surface area contributed by atoms with Crippen molar-refractivity contribution in [3.05, 3.63) is 47.7 Å². The van der Waals surface area contributed by atoms with Gasteiger partial charge in [0.05, 0.1) is 6.20 Å². The lowest BCUT2D eigenvalue weighted by molar-refractivity contribution is 0.457. The van der Waals surface area contributed by atoms with Crippen LogP contribution in [0.25, 0.3) is 0 Å². The number of benzene rings is 1. The summed E-state index contributed by atoms with van der Waals surface area (Å²) in [6, 6.07) is 9.34. The zero-order valence-corrected chi connectivity index (χ0v) is 13.2. The Morgan fingerprint density at radius 1 is 1.29 bits per heavy atom. The van der Waals surface area contributed by atoms with Gasteiger partial charge in [-0.05, 0) is 29.0 Å². The van der Waals surface area contributed by atoms with Crippen molar-refractivity contribution < 1.29 is 8.42 Å². The maximum atomic E-state index is 12.5. The highest BCUT2D eigenvalue weighted by atomic mass is 32.2. The lowest BCUT2D eigenvalue weighted by Gasteiger charge is -2.19. The van der Waals surface area contributed by atoms with Gasteiger partial charge in [-0.15, -0.1) is 0 Å². The second-order valence-corrected chi connectivity index (χ2v) is 7.80. The number of hydrogen-bond donors (Lipinski definition) is 1. The Balaban J connectivity index is 1.96. The molecule has 1 N–H and O–H groups in total. The predicted molar refractivity (Wildman–Crippen MR) is 80.4 cm³/mol. The Bertz CT molecular complexity index is 778. The first-order chi connectivity index (χ1) is 9.81. The molecule has 0 radical (unpaired) electrons. The van der Waals surface area contributed by atoms with Crippen LogP contribution in [0, 0.1) is 0 Å². The Hall–Kier alpha value is -1.66. The van der Waals surface area contributed by atoms with Crippen LogP contribution in [0.1, 0.15) is 37.4 Å². The van der Waals surface area contributed by atoms with Gasteiger partial charge < -0.3 is 0 Å². The van der Waals surface area contributed by atoms with E-state index >= 15 is 0 Å². The molecular weight excluding hydrogens is 286 g/mol. The summed E-state index contributed by atoms with van der Waals surface area (Å²) in [6.45, 7) is 4.29. The van der Waals surface area contributed by atoms with Gasteiger partial charge in [0, 0.05) is 13.1 Å². The normalized spacial score (nSPS) is 20.4. The van der Waals surface area contributed by atoms with Crippen LogP contribution in [0.4, 0.5) is 0 Å². The number of aryl methyl sites for hydroxylation is 1. The van der Waals surface area contributed by atoms with Crippen LogP contribution in [0.2, 0.25) is 0 Å². The van der Waals surface area contributed by atoms with Crippen molar-refractivity contribution in [2.75, 3.05) is 0 Å². The van der Waals surface area contributed by atoms with E-state index in [0.29, 0.717) is 0 Å². The summed E-state index contributed by atoms with van der Waals surface area (Å²) in [4.78, 5) is 0. The average molecular weight is 305 g/mol. The first kappa shape index (κ1) is 14.3. The predicted octanol–water partition coefficient (Wildman–Crippen LogP) is 2.12. The average Bonchev–Trinajstić information content (AvgIpc) is 2.93. The standard InChI is InChI=1S/C15H19N3O2S/c1-15(2)10-13(11-6-4-5-7-12(11)15)17-21(19,20)14-8-9-16-18(14)3/h4-9,13,17H,10H2,1-3H3. The largest absolute Gasteiger partial charge is 0.258 e. The van der Waals surface area contributed by atoms with Gasteiger partial charge in [-0.1, -0.05) is 38.1 Å². The molecule has 5 nitrogen and oxygen atoms in total. The minimum atomic E-state index is -3.57. The summed E-state index contributed by atoms with van der Waals surface area (Å²) in [7, 11) is -1.95. The number of nitrogens with one attached hydrogen (secondary N) is 1. The lowest BCUT2D eigenvalue weighted by Crippen LogP contribution is -2.29. The van der Waals surface area contributed by atoms with E-state index in [9.17, 15) is 8.42 Å². The second-order valence-electron chi connectivity index (χ2n) is 6.14. The summed E-state index contributed by atoms with van der Waals surface area (Å²) in [6.07, 6.45) is 2.24. The third-order valence-corrected chi connectivity index (χ3v) is 5.67. The Morgan fingerprint density at radius 3 is 2.67 bits per heavy atom. The SMILES string of the molecule is Cn1nccc1S(=O)(=O)NC1CC(C)(C)c2ccccc21. The van der Waals surface area contributed by atoms with Crippen molar-refractivity contribution in [2.45, 2.75) is 36.8 Å². The number of sulfonamides is 1. The number of nitrogens with zero attached hydrogens (tertiary/aromatic N) is 2. The molecule has 0 fully saturated rings. The number of rotatable bonds is 3. The molecule has 0 aliphatic heterocycles. The van der Waals surface area contributed by atoms with Gasteiger partial charge in [0.2, 0.25) is 0 Å². The van der Waals surface area contributed by atoms with E-state index < -0.39 is 10.0 Å². The van der Waals surface area contributed by atoms with Crippen molar-refractivity contribution in [2.24, 2.45) is 7.05 Å². The molecule has 1 aliphatic rings. The quantitative estimate of drug-likeness (QED) is 0.944. The van der Waals surface area contributed by atoms with E-state index in [1.165, 1.54) is 22.5 Å². The third kappa shape index (κ3) is 2.38. The van der Waals surface area contributed by atoms with Crippen molar-refractivity contribution in [1.29, 1.82) is 0 Å². The van der Waals surface area contributed by atoms with E-state index in [4.69, 9.17) is 0 Å². The van der Waals surface area contributed by atoms with Crippen LogP contribution < -0.4 is 4.72 Å². The van der Waals surface area contributed by atoms with E-state index in [-0.39, 0.29) is 16.5 Å². The molecule has 1 aromatic carbocycles. The Kier molecular flexibility index (Phi) is 3.18. The van der Waals surface area contributed by atoms with Crippen molar-refractivity contribution >= 4 is 10.0 Å². The molecule has 0 spiro atoms. The molecule has 3 rings (SSSR count). The highest BCUT2D eigenvalue weighted by molar-refractivity contribution is 7.89. The molecule has 0 saturated carbocycles. The monoisotopic (exact) mass is 305 g/mol. The summed E-state index contributed by atoms with van der Waals surface area (Å²) in [5.41, 5.74) is 2.24. The van der Waals surface area contributed by atoms with Crippen molar-refractivity contribution in [3.8, 4) is 0 Å². The van der Waals surface area contributed by atoms with Crippen LogP contribution in [0.15, 0.2) is 41.6 Å². The van der Waals surface area contributed by atoms with Gasteiger partial charge in [0.1, 0.15) is 0 Å². The second kappa shape index (κ2) is 4.68. The molecular formula is C15H19N3O2S. The number of fused-ring (bicyclic) bond motifs is 1. The highest BCUT2D eigenvalue weighted by Gasteiger charge is 2.38. The van der Waals surface area contributed by atoms with Crippen LogP contribution in [-0.2, 0) is 22.5 Å². The molecule has 6 heteroatoms. The van der Waals surface area contributed by atoms with E-state index in [2.05, 4.69) is 29.7 Å². The number of aromatic nitrogens is 2. The molecule has 1 atom stereocenters. The van der Waals surface area contributed by atoms with Gasteiger partial charge in [0.25, 0.3) is 10.0 Å². The van der Waals surface area contributed by atoms with Gasteiger partial charge in [0.15, 0.2) is 5.03 Å². The van der Waals surface area contributed by atoms with Crippen LogP contribution >= 0.6 is 0 Å². The van der Waals surface area contributed by atoms with Crippen molar-refractivity contribution in [1.82, 2.24) is 14.5 Å². The molecule has 2 aromatic rings. The van der Waals surface area contributed by atoms with Crippen LogP contribution in [-0.4, -0.2) is 18.2 Å². The van der Waals surface area contributed by atoms with E-state index in [1.54, 1.807) is 7.05 Å². The van der Waals surface area contributed by atoms with Gasteiger partial charge in [-0.2, -0.15) is 5.10 Å². The fraction of sp³-hybridized carbons (Fsp3) is 0.400. The highest BCUT2D eigenvalue weighted by Crippen LogP contribution is 2.44. The van der Waals surface area contributed by atoms with Gasteiger partial charge >= 0.3 is 0 Å². The van der Waals surface area contributed by atoms with Gasteiger partial charge in [-0.3, -0.25) is 4.68 Å². The molecule has 0 saturated heterocycles. The molecule has 112 valence electrons. The minimum Gasteiger partial charge on any atom is -0.256 e. The fourth-order valence-electron chi connectivity index (χ4n) is 3.13. The molecule has 1 heterocycles. The zero-order chi connectivity index (χ0) is 15.3. The molecule has 21 heavy (non-hydrogen) atoms. The topological polar surface area (TPSA) is 64.0 Å². The molecule has 0 amide bonds. The first-order valence-corrected chi connectivity index (χ1v) is 8.39. The zero-order valence-electron chi connectivity index (χ0n) is 12.4. The molecule has 1 aromatic heterocycles. The third-order valence-electron chi connectivity index (χ3n) is 4.13. The molecule has 0 bridgehead atoms. The van der Waals surface area contributed by atoms with Crippen LogP contribution in [0.3, 0.4) is 0 Å².